The fourth-order valence-electron chi connectivity index (χ4n) is 6.03. The number of ether oxygens (including phenoxy) is 1. The summed E-state index contributed by atoms with van der Waals surface area (Å²) >= 11 is 0. The highest BCUT2D eigenvalue weighted by atomic mass is 28.4. The Hall–Kier alpha value is -1.91. The molecule has 2 aromatic carbocycles. The molecule has 3 aliphatic carbocycles. The van der Waals surface area contributed by atoms with E-state index in [4.69, 9.17) is 9.16 Å². The molecule has 3 saturated carbocycles. The zero-order valence-corrected chi connectivity index (χ0v) is 20.4. The molecule has 0 aliphatic heterocycles. The molecule has 0 atom stereocenters. The second-order valence-corrected chi connectivity index (χ2v) is 15.0. The molecule has 0 aromatic heterocycles. The van der Waals surface area contributed by atoms with Crippen LogP contribution >= 0.6 is 0 Å². The maximum Gasteiger partial charge on any atom is 0.311 e. The Bertz CT molecular complexity index is 837. The van der Waals surface area contributed by atoms with Crippen molar-refractivity contribution in [3.05, 3.63) is 60.7 Å². The number of methoxy groups -OCH3 is 1. The van der Waals surface area contributed by atoms with Crippen LogP contribution in [0.5, 0.6) is 0 Å². The molecule has 0 heterocycles. The van der Waals surface area contributed by atoms with E-state index in [0.29, 0.717) is 0 Å². The highest BCUT2D eigenvalue weighted by Crippen LogP contribution is 2.57. The van der Waals surface area contributed by atoms with Crippen molar-refractivity contribution in [2.75, 3.05) is 13.7 Å². The lowest BCUT2D eigenvalue weighted by Crippen LogP contribution is -2.67. The summed E-state index contributed by atoms with van der Waals surface area (Å²) in [7, 11) is -0.991. The summed E-state index contributed by atoms with van der Waals surface area (Å²) in [6.07, 6.45) is 5.97. The van der Waals surface area contributed by atoms with Gasteiger partial charge in [-0.2, -0.15) is 0 Å². The Morgan fingerprint density at radius 3 is 1.68 bits per heavy atom. The van der Waals surface area contributed by atoms with Crippen molar-refractivity contribution in [3.8, 4) is 0 Å². The molecule has 31 heavy (non-hydrogen) atoms. The van der Waals surface area contributed by atoms with E-state index >= 15 is 0 Å². The number of esters is 1. The SMILES string of the molecule is COC(=O)C12CCC(CO[Si](c3ccccc3)(c3ccccc3)C(C)(C)C)(CC1)CC2. The van der Waals surface area contributed by atoms with Crippen molar-refractivity contribution in [2.24, 2.45) is 10.8 Å². The van der Waals surface area contributed by atoms with E-state index in [0.717, 1.165) is 45.1 Å². The van der Waals surface area contributed by atoms with Crippen LogP contribution in [0.2, 0.25) is 5.04 Å². The number of hydrogen-bond donors (Lipinski definition) is 0. The van der Waals surface area contributed by atoms with Crippen molar-refractivity contribution < 1.29 is 14.0 Å². The number of hydrogen-bond acceptors (Lipinski definition) is 3. The van der Waals surface area contributed by atoms with E-state index in [9.17, 15) is 4.79 Å². The predicted octanol–water partition coefficient (Wildman–Crippen LogP) is 5.08. The van der Waals surface area contributed by atoms with Crippen LogP contribution in [0.4, 0.5) is 0 Å². The van der Waals surface area contributed by atoms with Gasteiger partial charge in [-0.05, 0) is 59.4 Å². The Balaban J connectivity index is 1.67. The molecule has 0 amide bonds. The van der Waals surface area contributed by atoms with E-state index in [2.05, 4.69) is 81.4 Å². The van der Waals surface area contributed by atoms with Crippen molar-refractivity contribution in [1.82, 2.24) is 0 Å². The number of benzene rings is 2. The van der Waals surface area contributed by atoms with E-state index < -0.39 is 8.32 Å². The molecule has 0 N–H and O–H groups in total. The largest absolute Gasteiger partial charge is 0.469 e. The quantitative estimate of drug-likeness (QED) is 0.468. The average Bonchev–Trinajstić information content (AvgIpc) is 2.80. The van der Waals surface area contributed by atoms with E-state index in [1.165, 1.54) is 17.5 Å². The maximum atomic E-state index is 12.4. The summed E-state index contributed by atoms with van der Waals surface area (Å²) in [5.74, 6) is -0.00583. The third kappa shape index (κ3) is 3.78. The third-order valence-corrected chi connectivity index (χ3v) is 13.0. The average molecular weight is 437 g/mol. The fourth-order valence-corrected chi connectivity index (χ4v) is 10.7. The Labute approximate surface area is 188 Å². The van der Waals surface area contributed by atoms with Gasteiger partial charge in [-0.15, -0.1) is 0 Å². The van der Waals surface area contributed by atoms with Crippen LogP contribution < -0.4 is 10.4 Å². The molecule has 2 aromatic rings. The zero-order valence-electron chi connectivity index (χ0n) is 19.4. The van der Waals surface area contributed by atoms with Gasteiger partial charge < -0.3 is 9.16 Å². The minimum atomic E-state index is -2.52. The highest BCUT2D eigenvalue weighted by Gasteiger charge is 2.56. The Morgan fingerprint density at radius 1 is 0.839 bits per heavy atom. The van der Waals surface area contributed by atoms with E-state index in [-0.39, 0.29) is 21.8 Å². The molecule has 3 nitrogen and oxygen atoms in total. The van der Waals surface area contributed by atoms with Gasteiger partial charge in [0, 0.05) is 6.61 Å². The lowest BCUT2D eigenvalue weighted by Gasteiger charge is -2.53. The van der Waals surface area contributed by atoms with Crippen molar-refractivity contribution in [3.63, 3.8) is 0 Å². The molecule has 4 heteroatoms. The normalized spacial score (nSPS) is 25.9. The smallest absolute Gasteiger partial charge is 0.311 e. The first-order chi connectivity index (χ1) is 14.8. The highest BCUT2D eigenvalue weighted by molar-refractivity contribution is 6.99. The summed E-state index contributed by atoms with van der Waals surface area (Å²) < 4.78 is 12.4. The molecule has 2 bridgehead atoms. The van der Waals surface area contributed by atoms with Crippen LogP contribution in [0.15, 0.2) is 60.7 Å². The van der Waals surface area contributed by atoms with Gasteiger partial charge in [0.25, 0.3) is 8.32 Å². The molecule has 0 saturated heterocycles. The van der Waals surface area contributed by atoms with Gasteiger partial charge in [-0.25, -0.2) is 0 Å². The molecule has 3 aliphatic rings. The lowest BCUT2D eigenvalue weighted by atomic mass is 9.54. The minimum absolute atomic E-state index is 0.00583. The Kier molecular flexibility index (Phi) is 5.91. The standard InChI is InChI=1S/C27H36O3Si/c1-25(2,3)31(22-11-7-5-8-12-22,23-13-9-6-10-14-23)30-21-26-15-18-27(19-16-26,20-17-26)24(28)29-4/h5-14H,15-21H2,1-4H3. The third-order valence-electron chi connectivity index (χ3n) is 8.03. The monoisotopic (exact) mass is 436 g/mol. The molecule has 5 rings (SSSR count). The number of carbonyl (C=O) groups is 1. The van der Waals surface area contributed by atoms with Gasteiger partial charge in [0.2, 0.25) is 0 Å². The molecule has 0 unspecified atom stereocenters. The van der Waals surface area contributed by atoms with Crippen molar-refractivity contribution in [2.45, 2.75) is 64.3 Å². The van der Waals surface area contributed by atoms with Gasteiger partial charge >= 0.3 is 5.97 Å². The van der Waals surface area contributed by atoms with E-state index in [1.807, 2.05) is 0 Å². The van der Waals surface area contributed by atoms with Crippen LogP contribution in [0.25, 0.3) is 0 Å². The topological polar surface area (TPSA) is 35.5 Å². The van der Waals surface area contributed by atoms with Gasteiger partial charge in [-0.3, -0.25) is 4.79 Å². The van der Waals surface area contributed by atoms with Gasteiger partial charge in [0.15, 0.2) is 0 Å². The summed E-state index contributed by atoms with van der Waals surface area (Å²) in [4.78, 5) is 12.4. The first-order valence-electron chi connectivity index (χ1n) is 11.6. The summed E-state index contributed by atoms with van der Waals surface area (Å²) in [5.41, 5.74) is -0.0588. The van der Waals surface area contributed by atoms with Gasteiger partial charge in [0.1, 0.15) is 0 Å². The second-order valence-electron chi connectivity index (χ2n) is 10.7. The summed E-state index contributed by atoms with van der Waals surface area (Å²) in [6, 6.07) is 21.8. The van der Waals surface area contributed by atoms with Crippen LogP contribution in [0.1, 0.15) is 59.3 Å². The fraction of sp³-hybridized carbons (Fsp3) is 0.519. The molecular formula is C27H36O3Si. The number of carbonyl (C=O) groups excluding carboxylic acids is 1. The zero-order chi connectivity index (χ0) is 22.2. The van der Waals surface area contributed by atoms with Crippen molar-refractivity contribution in [1.29, 1.82) is 0 Å². The first-order valence-corrected chi connectivity index (χ1v) is 13.5. The lowest BCUT2D eigenvalue weighted by molar-refractivity contribution is -0.164. The molecular weight excluding hydrogens is 400 g/mol. The van der Waals surface area contributed by atoms with Gasteiger partial charge in [0.05, 0.1) is 12.5 Å². The minimum Gasteiger partial charge on any atom is -0.469 e. The molecule has 3 fully saturated rings. The molecule has 166 valence electrons. The number of fused-ring (bicyclic) bond motifs is 3. The summed E-state index contributed by atoms with van der Waals surface area (Å²) in [5, 5.41) is 2.66. The van der Waals surface area contributed by atoms with Crippen LogP contribution in [0, 0.1) is 10.8 Å². The Morgan fingerprint density at radius 2 is 1.29 bits per heavy atom. The summed E-state index contributed by atoms with van der Waals surface area (Å²) in [6.45, 7) is 7.78. The predicted molar refractivity (Wildman–Crippen MR) is 128 cm³/mol. The number of rotatable bonds is 6. The van der Waals surface area contributed by atoms with Crippen LogP contribution in [-0.2, 0) is 14.0 Å². The van der Waals surface area contributed by atoms with Crippen molar-refractivity contribution >= 4 is 24.7 Å². The van der Waals surface area contributed by atoms with E-state index in [1.54, 1.807) is 0 Å². The molecule has 0 spiro atoms. The maximum absolute atomic E-state index is 12.4. The van der Waals surface area contributed by atoms with Gasteiger partial charge in [-0.1, -0.05) is 81.4 Å². The molecule has 0 radical (unpaired) electrons. The van der Waals surface area contributed by atoms with Crippen LogP contribution in [0.3, 0.4) is 0 Å². The first kappa shape index (κ1) is 22.3. The van der Waals surface area contributed by atoms with Crippen LogP contribution in [-0.4, -0.2) is 28.0 Å². The second kappa shape index (κ2) is 8.21.